The Labute approximate surface area is 181 Å². The molecule has 1 fully saturated rings. The molecule has 0 aliphatic carbocycles. The van der Waals surface area contributed by atoms with Gasteiger partial charge in [-0.25, -0.2) is 0 Å². The highest BCUT2D eigenvalue weighted by Gasteiger charge is 2.72. The molecule has 1 unspecified atom stereocenters. The maximum atomic E-state index is 13.1. The van der Waals surface area contributed by atoms with Crippen molar-refractivity contribution < 1.29 is 40.2 Å². The van der Waals surface area contributed by atoms with E-state index in [-0.39, 0.29) is 19.1 Å². The Balaban J connectivity index is 1.86. The molecule has 1 saturated heterocycles. The number of hydrogen-bond donors (Lipinski definition) is 0. The van der Waals surface area contributed by atoms with E-state index < -0.39 is 24.4 Å². The van der Waals surface area contributed by atoms with Crippen LogP contribution in [0.1, 0.15) is 103 Å². The minimum absolute atomic E-state index is 0.0222. The smallest absolute Gasteiger partial charge is 0.353 e. The summed E-state index contributed by atoms with van der Waals surface area (Å²) in [6.45, 7) is 1.53. The Morgan fingerprint density at radius 1 is 0.645 bits per heavy atom. The van der Waals surface area contributed by atoms with Crippen molar-refractivity contribution in [2.75, 3.05) is 13.2 Å². The summed E-state index contributed by atoms with van der Waals surface area (Å²) in [7, 11) is 0. The first-order valence-electron chi connectivity index (χ1n) is 11.6. The number of alkyl halides is 7. The zero-order chi connectivity index (χ0) is 23.2. The van der Waals surface area contributed by atoms with E-state index in [1.165, 1.54) is 6.42 Å². The summed E-state index contributed by atoms with van der Waals surface area (Å²) in [6.07, 6.45) is 5.45. The van der Waals surface area contributed by atoms with Gasteiger partial charge in [0.25, 0.3) is 0 Å². The van der Waals surface area contributed by atoms with Crippen LogP contribution >= 0.6 is 0 Å². The quantitative estimate of drug-likeness (QED) is 0.158. The van der Waals surface area contributed by atoms with Crippen LogP contribution in [0.2, 0.25) is 0 Å². The molecular weight excluding hydrogens is 429 g/mol. The largest absolute Gasteiger partial charge is 0.459 e. The monoisotopic (exact) mass is 466 g/mol. The predicted octanol–water partition coefficient (Wildman–Crippen LogP) is 8.43. The van der Waals surface area contributed by atoms with E-state index in [4.69, 9.17) is 9.47 Å². The Morgan fingerprint density at radius 3 is 1.58 bits per heavy atom. The van der Waals surface area contributed by atoms with Gasteiger partial charge in [-0.2, -0.15) is 30.7 Å². The lowest BCUT2D eigenvalue weighted by Crippen LogP contribution is -2.51. The highest BCUT2D eigenvalue weighted by atomic mass is 19.4. The molecule has 1 heterocycles. The Hall–Kier alpha value is -0.570. The van der Waals surface area contributed by atoms with Crippen LogP contribution in [0.15, 0.2) is 0 Å². The Kier molecular flexibility index (Phi) is 13.4. The van der Waals surface area contributed by atoms with E-state index in [1.54, 1.807) is 0 Å². The van der Waals surface area contributed by atoms with Crippen LogP contribution in [-0.2, 0) is 9.47 Å². The third kappa shape index (κ3) is 11.2. The summed E-state index contributed by atoms with van der Waals surface area (Å²) in [6, 6.07) is 0. The zero-order valence-electron chi connectivity index (χ0n) is 18.3. The summed E-state index contributed by atoms with van der Waals surface area (Å²) in [5.74, 6) is -11.0. The second-order valence-corrected chi connectivity index (χ2v) is 8.44. The van der Waals surface area contributed by atoms with E-state index in [9.17, 15) is 30.7 Å². The van der Waals surface area contributed by atoms with E-state index in [0.29, 0.717) is 6.42 Å². The third-order valence-electron chi connectivity index (χ3n) is 5.64. The minimum atomic E-state index is -6.23. The summed E-state index contributed by atoms with van der Waals surface area (Å²) in [5.41, 5.74) is 0. The van der Waals surface area contributed by atoms with Crippen molar-refractivity contribution in [2.24, 2.45) is 0 Å². The molecule has 0 saturated carbocycles. The number of hydrogen-bond acceptors (Lipinski definition) is 2. The van der Waals surface area contributed by atoms with Crippen molar-refractivity contribution in [2.45, 2.75) is 127 Å². The fourth-order valence-corrected chi connectivity index (χ4v) is 3.64. The molecule has 31 heavy (non-hydrogen) atoms. The van der Waals surface area contributed by atoms with Gasteiger partial charge in [0.2, 0.25) is 0 Å². The first kappa shape index (κ1) is 28.5. The van der Waals surface area contributed by atoms with E-state index in [1.807, 2.05) is 0 Å². The summed E-state index contributed by atoms with van der Waals surface area (Å²) in [5, 5.41) is 0. The van der Waals surface area contributed by atoms with Crippen molar-refractivity contribution in [1.29, 1.82) is 0 Å². The van der Waals surface area contributed by atoms with Gasteiger partial charge < -0.3 is 9.47 Å². The van der Waals surface area contributed by atoms with E-state index >= 15 is 0 Å². The van der Waals surface area contributed by atoms with Gasteiger partial charge in [-0.1, -0.05) is 64.2 Å². The van der Waals surface area contributed by atoms with Crippen molar-refractivity contribution in [1.82, 2.24) is 0 Å². The van der Waals surface area contributed by atoms with Crippen molar-refractivity contribution in [3.63, 3.8) is 0 Å². The topological polar surface area (TPSA) is 18.5 Å². The van der Waals surface area contributed by atoms with E-state index in [2.05, 4.69) is 0 Å². The van der Waals surface area contributed by atoms with Crippen LogP contribution in [0.25, 0.3) is 0 Å². The lowest BCUT2D eigenvalue weighted by atomic mass is 10.0. The van der Waals surface area contributed by atoms with Gasteiger partial charge in [-0.15, -0.1) is 0 Å². The maximum Gasteiger partial charge on any atom is 0.459 e. The minimum Gasteiger partial charge on any atom is -0.353 e. The second kappa shape index (κ2) is 14.6. The summed E-state index contributed by atoms with van der Waals surface area (Å²) in [4.78, 5) is 0. The van der Waals surface area contributed by atoms with Gasteiger partial charge in [0.05, 0.1) is 0 Å². The number of unbranched alkanes of at least 4 members (excludes halogenated alkanes) is 11. The first-order chi connectivity index (χ1) is 14.6. The predicted molar refractivity (Wildman–Crippen MR) is 106 cm³/mol. The Bertz CT molecular complexity index is 450. The molecule has 0 aromatic heterocycles. The SMILES string of the molecule is FC(F)(F)C(F)(F)C(F)(F)CCCCCCCCCCCCCCOC1CCCCO1. The normalized spacial score (nSPS) is 18.5. The van der Waals surface area contributed by atoms with Crippen LogP contribution in [0.4, 0.5) is 30.7 Å². The van der Waals surface area contributed by atoms with Gasteiger partial charge in [0, 0.05) is 19.6 Å². The molecule has 0 N–H and O–H groups in total. The van der Waals surface area contributed by atoms with Gasteiger partial charge in [-0.05, 0) is 32.1 Å². The van der Waals surface area contributed by atoms with Crippen LogP contribution < -0.4 is 0 Å². The molecule has 0 radical (unpaired) electrons. The van der Waals surface area contributed by atoms with Crippen LogP contribution in [-0.4, -0.2) is 37.5 Å². The second-order valence-electron chi connectivity index (χ2n) is 8.44. The molecule has 1 rings (SSSR count). The molecule has 9 heteroatoms. The summed E-state index contributed by atoms with van der Waals surface area (Å²) >= 11 is 0. The zero-order valence-corrected chi connectivity index (χ0v) is 18.3. The van der Waals surface area contributed by atoms with Gasteiger partial charge in [-0.3, -0.25) is 0 Å². The van der Waals surface area contributed by atoms with Crippen LogP contribution in [0, 0.1) is 0 Å². The van der Waals surface area contributed by atoms with Gasteiger partial charge in [0.1, 0.15) is 0 Å². The van der Waals surface area contributed by atoms with Crippen LogP contribution in [0.3, 0.4) is 0 Å². The molecule has 0 amide bonds. The van der Waals surface area contributed by atoms with Crippen molar-refractivity contribution in [3.05, 3.63) is 0 Å². The Morgan fingerprint density at radius 2 is 1.13 bits per heavy atom. The fourth-order valence-electron chi connectivity index (χ4n) is 3.64. The molecule has 186 valence electrons. The maximum absolute atomic E-state index is 13.1. The molecule has 1 aliphatic rings. The van der Waals surface area contributed by atoms with Crippen LogP contribution in [0.5, 0.6) is 0 Å². The standard InChI is InChI=1S/C22H37F7O2/c23-20(24,21(25,26)22(27,28)29)16-12-9-7-5-3-1-2-4-6-8-10-13-17-30-19-15-11-14-18-31-19/h19H,1-18H2. The number of rotatable bonds is 17. The van der Waals surface area contributed by atoms with E-state index in [0.717, 1.165) is 83.8 Å². The van der Waals surface area contributed by atoms with Crippen molar-refractivity contribution in [3.8, 4) is 0 Å². The van der Waals surface area contributed by atoms with Gasteiger partial charge >= 0.3 is 18.0 Å². The molecule has 1 atom stereocenters. The molecule has 0 spiro atoms. The molecule has 0 bridgehead atoms. The fraction of sp³-hybridized carbons (Fsp3) is 1.00. The number of ether oxygens (including phenoxy) is 2. The highest BCUT2D eigenvalue weighted by Crippen LogP contribution is 2.48. The molecule has 1 aliphatic heterocycles. The first-order valence-corrected chi connectivity index (χ1v) is 11.6. The van der Waals surface area contributed by atoms with Crippen molar-refractivity contribution >= 4 is 0 Å². The molecule has 2 nitrogen and oxygen atoms in total. The molecule has 0 aromatic carbocycles. The number of halogens is 7. The lowest BCUT2D eigenvalue weighted by molar-refractivity contribution is -0.355. The lowest BCUT2D eigenvalue weighted by Gasteiger charge is -2.28. The molecular formula is C22H37F7O2. The molecule has 0 aromatic rings. The average molecular weight is 467 g/mol. The average Bonchev–Trinajstić information content (AvgIpc) is 2.70. The van der Waals surface area contributed by atoms with Gasteiger partial charge in [0.15, 0.2) is 6.29 Å². The highest BCUT2D eigenvalue weighted by molar-refractivity contribution is 4.90. The third-order valence-corrected chi connectivity index (χ3v) is 5.64. The summed E-state index contributed by atoms with van der Waals surface area (Å²) < 4.78 is 99.1.